The van der Waals surface area contributed by atoms with Gasteiger partial charge in [0.25, 0.3) is 0 Å². The van der Waals surface area contributed by atoms with E-state index in [1.165, 1.54) is 12.8 Å². The van der Waals surface area contributed by atoms with Gasteiger partial charge in [-0.15, -0.1) is 0 Å². The molecule has 1 fully saturated rings. The van der Waals surface area contributed by atoms with Gasteiger partial charge in [0, 0.05) is 18.8 Å². The summed E-state index contributed by atoms with van der Waals surface area (Å²) in [6.07, 6.45) is 4.45. The molecule has 1 aromatic heterocycles. The monoisotopic (exact) mass is 293 g/mol. The Balaban J connectivity index is 1.95. The molecule has 0 saturated carbocycles. The fourth-order valence-electron chi connectivity index (χ4n) is 2.88. The highest BCUT2D eigenvalue weighted by Gasteiger charge is 2.24. The average molecular weight is 293 g/mol. The van der Waals surface area contributed by atoms with Crippen molar-refractivity contribution >= 4 is 17.7 Å². The lowest BCUT2D eigenvalue weighted by Gasteiger charge is -2.31. The summed E-state index contributed by atoms with van der Waals surface area (Å²) in [5, 5.41) is 11.8. The number of aromatic nitrogens is 1. The number of likely N-dealkylation sites (tertiary alicyclic amines) is 1. The first kappa shape index (κ1) is 15.4. The number of hydrogen-bond acceptors (Lipinski definition) is 2. The first-order valence-electron chi connectivity index (χ1n) is 7.50. The van der Waals surface area contributed by atoms with Crippen LogP contribution < -0.4 is 5.32 Å². The van der Waals surface area contributed by atoms with E-state index < -0.39 is 5.97 Å². The third kappa shape index (κ3) is 3.77. The Morgan fingerprint density at radius 1 is 1.43 bits per heavy atom. The van der Waals surface area contributed by atoms with E-state index in [-0.39, 0.29) is 11.7 Å². The molecular formula is C15H23N3O3. The fourth-order valence-corrected chi connectivity index (χ4v) is 2.88. The SMILES string of the molecule is CCCC1CCN(C(=O)Nc2cc(C)[nH]c2C(=O)O)CC1. The largest absolute Gasteiger partial charge is 0.477 e. The molecule has 2 heterocycles. The number of piperidine rings is 1. The van der Waals surface area contributed by atoms with E-state index in [2.05, 4.69) is 17.2 Å². The molecule has 6 nitrogen and oxygen atoms in total. The molecule has 1 aliphatic rings. The number of hydrogen-bond donors (Lipinski definition) is 3. The summed E-state index contributed by atoms with van der Waals surface area (Å²) in [5.74, 6) is -0.358. The zero-order valence-electron chi connectivity index (χ0n) is 12.6. The Bertz CT molecular complexity index is 516. The Kier molecular flexibility index (Phi) is 4.88. The molecule has 2 rings (SSSR count). The highest BCUT2D eigenvalue weighted by molar-refractivity contribution is 5.99. The van der Waals surface area contributed by atoms with Gasteiger partial charge in [0.15, 0.2) is 0 Å². The van der Waals surface area contributed by atoms with Gasteiger partial charge in [0.2, 0.25) is 0 Å². The van der Waals surface area contributed by atoms with Crippen molar-refractivity contribution in [2.45, 2.75) is 39.5 Å². The number of carboxylic acids is 1. The van der Waals surface area contributed by atoms with E-state index in [1.807, 2.05) is 0 Å². The van der Waals surface area contributed by atoms with Crippen molar-refractivity contribution < 1.29 is 14.7 Å². The van der Waals surface area contributed by atoms with Crippen molar-refractivity contribution in [1.82, 2.24) is 9.88 Å². The van der Waals surface area contributed by atoms with Crippen LogP contribution in [0.15, 0.2) is 6.07 Å². The maximum Gasteiger partial charge on any atom is 0.354 e. The van der Waals surface area contributed by atoms with Crippen LogP contribution in [0.2, 0.25) is 0 Å². The van der Waals surface area contributed by atoms with Gasteiger partial charge < -0.3 is 20.3 Å². The molecule has 0 aliphatic carbocycles. The molecule has 0 radical (unpaired) electrons. The van der Waals surface area contributed by atoms with Gasteiger partial charge in [-0.25, -0.2) is 9.59 Å². The molecule has 0 spiro atoms. The van der Waals surface area contributed by atoms with Gasteiger partial charge >= 0.3 is 12.0 Å². The number of aryl methyl sites for hydroxylation is 1. The molecule has 0 bridgehead atoms. The fraction of sp³-hybridized carbons (Fsp3) is 0.600. The van der Waals surface area contributed by atoms with Crippen LogP contribution in [0.25, 0.3) is 0 Å². The molecule has 0 aromatic carbocycles. The smallest absolute Gasteiger partial charge is 0.354 e. The highest BCUT2D eigenvalue weighted by Crippen LogP contribution is 2.23. The van der Waals surface area contributed by atoms with Crippen molar-refractivity contribution in [3.05, 3.63) is 17.5 Å². The standard InChI is InChI=1S/C15H23N3O3/c1-3-4-11-5-7-18(8-6-11)15(21)17-12-9-10(2)16-13(12)14(19)20/h9,11,16H,3-8H2,1-2H3,(H,17,21)(H,19,20). The van der Waals surface area contributed by atoms with E-state index >= 15 is 0 Å². The van der Waals surface area contributed by atoms with Crippen LogP contribution in [-0.2, 0) is 0 Å². The van der Waals surface area contributed by atoms with Crippen molar-refractivity contribution in [3.63, 3.8) is 0 Å². The van der Waals surface area contributed by atoms with Crippen LogP contribution in [0.5, 0.6) is 0 Å². The predicted molar refractivity (Wildman–Crippen MR) is 80.7 cm³/mol. The number of nitrogens with one attached hydrogen (secondary N) is 2. The minimum absolute atomic E-state index is 0.0294. The summed E-state index contributed by atoms with van der Waals surface area (Å²) in [6, 6.07) is 1.43. The zero-order chi connectivity index (χ0) is 15.4. The van der Waals surface area contributed by atoms with Crippen molar-refractivity contribution in [2.75, 3.05) is 18.4 Å². The zero-order valence-corrected chi connectivity index (χ0v) is 12.6. The number of carbonyl (C=O) groups is 2. The van der Waals surface area contributed by atoms with Crippen molar-refractivity contribution in [3.8, 4) is 0 Å². The van der Waals surface area contributed by atoms with Gasteiger partial charge in [-0.05, 0) is 31.7 Å². The van der Waals surface area contributed by atoms with Crippen LogP contribution in [0, 0.1) is 12.8 Å². The minimum Gasteiger partial charge on any atom is -0.477 e. The number of H-pyrrole nitrogens is 1. The Morgan fingerprint density at radius 3 is 2.67 bits per heavy atom. The van der Waals surface area contributed by atoms with Crippen LogP contribution in [0.1, 0.15) is 48.8 Å². The molecule has 0 atom stereocenters. The molecule has 1 aliphatic heterocycles. The Labute approximate surface area is 124 Å². The number of carboxylic acid groups (broad SMARTS) is 1. The molecule has 2 amide bonds. The van der Waals surface area contributed by atoms with E-state index in [0.29, 0.717) is 17.3 Å². The summed E-state index contributed by atoms with van der Waals surface area (Å²) in [7, 11) is 0. The normalized spacial score (nSPS) is 16.0. The maximum absolute atomic E-state index is 12.2. The summed E-state index contributed by atoms with van der Waals surface area (Å²) in [5.41, 5.74) is 1.08. The van der Waals surface area contributed by atoms with Crippen LogP contribution in [0.3, 0.4) is 0 Å². The lowest BCUT2D eigenvalue weighted by atomic mass is 9.93. The van der Waals surface area contributed by atoms with Crippen molar-refractivity contribution in [1.29, 1.82) is 0 Å². The van der Waals surface area contributed by atoms with E-state index in [0.717, 1.165) is 25.9 Å². The molecule has 6 heteroatoms. The third-order valence-corrected chi connectivity index (χ3v) is 4.01. The van der Waals surface area contributed by atoms with Crippen molar-refractivity contribution in [2.24, 2.45) is 5.92 Å². The quantitative estimate of drug-likeness (QED) is 0.797. The number of anilines is 1. The summed E-state index contributed by atoms with van der Waals surface area (Å²) < 4.78 is 0. The first-order valence-corrected chi connectivity index (χ1v) is 7.50. The number of aromatic amines is 1. The molecule has 0 unspecified atom stereocenters. The third-order valence-electron chi connectivity index (χ3n) is 4.01. The second-order valence-corrected chi connectivity index (χ2v) is 5.70. The number of nitrogens with zero attached hydrogens (tertiary/aromatic N) is 1. The second-order valence-electron chi connectivity index (χ2n) is 5.70. The van der Waals surface area contributed by atoms with Crippen LogP contribution in [-0.4, -0.2) is 40.1 Å². The molecule has 1 saturated heterocycles. The topological polar surface area (TPSA) is 85.4 Å². The second kappa shape index (κ2) is 6.65. The van der Waals surface area contributed by atoms with E-state index in [1.54, 1.807) is 17.9 Å². The van der Waals surface area contributed by atoms with Gasteiger partial charge in [0.1, 0.15) is 5.69 Å². The van der Waals surface area contributed by atoms with Crippen LogP contribution in [0.4, 0.5) is 10.5 Å². The number of urea groups is 1. The van der Waals surface area contributed by atoms with E-state index in [4.69, 9.17) is 5.11 Å². The molecule has 3 N–H and O–H groups in total. The lowest BCUT2D eigenvalue weighted by molar-refractivity contribution is 0.0692. The maximum atomic E-state index is 12.2. The van der Waals surface area contributed by atoms with Gasteiger partial charge in [-0.3, -0.25) is 0 Å². The van der Waals surface area contributed by atoms with Gasteiger partial charge in [-0.2, -0.15) is 0 Å². The molecule has 1 aromatic rings. The Morgan fingerprint density at radius 2 is 2.10 bits per heavy atom. The molecule has 116 valence electrons. The first-order chi connectivity index (χ1) is 10.0. The number of amides is 2. The summed E-state index contributed by atoms with van der Waals surface area (Å²) in [4.78, 5) is 27.8. The number of aromatic carboxylic acids is 1. The minimum atomic E-state index is -1.07. The summed E-state index contributed by atoms with van der Waals surface area (Å²) >= 11 is 0. The molecular weight excluding hydrogens is 270 g/mol. The van der Waals surface area contributed by atoms with Gasteiger partial charge in [0.05, 0.1) is 5.69 Å². The average Bonchev–Trinajstić information content (AvgIpc) is 2.81. The highest BCUT2D eigenvalue weighted by atomic mass is 16.4. The summed E-state index contributed by atoms with van der Waals surface area (Å²) in [6.45, 7) is 5.42. The number of carbonyl (C=O) groups excluding carboxylic acids is 1. The van der Waals surface area contributed by atoms with E-state index in [9.17, 15) is 9.59 Å². The van der Waals surface area contributed by atoms with Gasteiger partial charge in [-0.1, -0.05) is 19.8 Å². The Hall–Kier alpha value is -1.98. The van der Waals surface area contributed by atoms with Crippen LogP contribution >= 0.6 is 0 Å². The number of rotatable bonds is 4. The lowest BCUT2D eigenvalue weighted by Crippen LogP contribution is -2.41. The predicted octanol–water partition coefficient (Wildman–Crippen LogP) is 3.07. The molecule has 21 heavy (non-hydrogen) atoms.